The maximum Gasteiger partial charge on any atom is 0.253 e. The Morgan fingerprint density at radius 3 is 2.78 bits per heavy atom. The second-order valence-corrected chi connectivity index (χ2v) is 5.08. The minimum absolute atomic E-state index is 0.0911. The number of hydrogen-bond acceptors (Lipinski definition) is 3. The van der Waals surface area contributed by atoms with E-state index < -0.39 is 0 Å². The number of nitrogens with one attached hydrogen (secondary N) is 1. The average Bonchev–Trinajstić information content (AvgIpc) is 2.81. The molecule has 0 aromatic heterocycles. The Hall–Kier alpha value is -1.55. The molecular weight excluding hydrogens is 226 g/mol. The van der Waals surface area contributed by atoms with Crippen LogP contribution in [0.5, 0.6) is 0 Å². The topological polar surface area (TPSA) is 35.6 Å². The van der Waals surface area contributed by atoms with E-state index in [1.807, 2.05) is 33.3 Å². The first-order chi connectivity index (χ1) is 8.58. The summed E-state index contributed by atoms with van der Waals surface area (Å²) in [5, 5.41) is 3.31. The zero-order chi connectivity index (χ0) is 13.1. The lowest BCUT2D eigenvalue weighted by Crippen LogP contribution is -2.33. The van der Waals surface area contributed by atoms with E-state index in [1.165, 1.54) is 5.56 Å². The summed E-state index contributed by atoms with van der Waals surface area (Å²) >= 11 is 0. The fourth-order valence-corrected chi connectivity index (χ4v) is 2.10. The number of likely N-dealkylation sites (N-methyl/N-ethyl adjacent to an activating group) is 2. The van der Waals surface area contributed by atoms with E-state index in [4.69, 9.17) is 0 Å². The molecular formula is C14H21N3O. The molecule has 1 heterocycles. The van der Waals surface area contributed by atoms with Crippen molar-refractivity contribution in [3.8, 4) is 0 Å². The molecule has 4 nitrogen and oxygen atoms in total. The quantitative estimate of drug-likeness (QED) is 0.871. The number of nitrogens with zero attached hydrogens (tertiary/aromatic N) is 2. The molecule has 98 valence electrons. The summed E-state index contributed by atoms with van der Waals surface area (Å²) in [6.07, 6.45) is 1.06. The van der Waals surface area contributed by atoms with Crippen LogP contribution in [-0.2, 0) is 6.42 Å². The molecule has 18 heavy (non-hydrogen) atoms. The summed E-state index contributed by atoms with van der Waals surface area (Å²) in [6, 6.07) is 5.96. The van der Waals surface area contributed by atoms with Crippen LogP contribution < -0.4 is 5.32 Å². The summed E-state index contributed by atoms with van der Waals surface area (Å²) in [5.74, 6) is 0.0911. The normalized spacial score (nSPS) is 13.3. The summed E-state index contributed by atoms with van der Waals surface area (Å²) in [4.78, 5) is 16.1. The van der Waals surface area contributed by atoms with E-state index in [0.717, 1.165) is 37.3 Å². The third kappa shape index (κ3) is 2.82. The lowest BCUT2D eigenvalue weighted by atomic mass is 10.1. The summed E-state index contributed by atoms with van der Waals surface area (Å²) < 4.78 is 0. The number of benzene rings is 1. The van der Waals surface area contributed by atoms with Crippen molar-refractivity contribution in [3.05, 3.63) is 29.3 Å². The first kappa shape index (κ1) is 12.9. The van der Waals surface area contributed by atoms with Gasteiger partial charge in [-0.25, -0.2) is 0 Å². The minimum atomic E-state index is 0.0911. The highest BCUT2D eigenvalue weighted by molar-refractivity contribution is 5.95. The third-order valence-electron chi connectivity index (χ3n) is 3.30. The molecule has 1 aliphatic rings. The summed E-state index contributed by atoms with van der Waals surface area (Å²) in [5.41, 5.74) is 3.19. The molecule has 0 aliphatic carbocycles. The largest absolute Gasteiger partial charge is 0.384 e. The predicted molar refractivity (Wildman–Crippen MR) is 74.2 cm³/mol. The van der Waals surface area contributed by atoms with Crippen LogP contribution in [0.3, 0.4) is 0 Å². The molecule has 1 N–H and O–H groups in total. The highest BCUT2D eigenvalue weighted by Crippen LogP contribution is 2.23. The predicted octanol–water partition coefficient (Wildman–Crippen LogP) is 1.29. The van der Waals surface area contributed by atoms with Crippen molar-refractivity contribution in [1.82, 2.24) is 9.80 Å². The van der Waals surface area contributed by atoms with Crippen molar-refractivity contribution in [2.45, 2.75) is 6.42 Å². The fourth-order valence-electron chi connectivity index (χ4n) is 2.10. The van der Waals surface area contributed by atoms with Gasteiger partial charge in [0.2, 0.25) is 0 Å². The van der Waals surface area contributed by atoms with Gasteiger partial charge in [0, 0.05) is 37.9 Å². The van der Waals surface area contributed by atoms with Crippen molar-refractivity contribution in [1.29, 1.82) is 0 Å². The first-order valence-corrected chi connectivity index (χ1v) is 6.35. The van der Waals surface area contributed by atoms with E-state index in [0.29, 0.717) is 0 Å². The van der Waals surface area contributed by atoms with Crippen LogP contribution in [0.15, 0.2) is 18.2 Å². The lowest BCUT2D eigenvalue weighted by molar-refractivity contribution is 0.0786. The Morgan fingerprint density at radius 2 is 2.06 bits per heavy atom. The Kier molecular flexibility index (Phi) is 3.87. The molecule has 1 aliphatic heterocycles. The van der Waals surface area contributed by atoms with Gasteiger partial charge in [-0.1, -0.05) is 6.07 Å². The Balaban J connectivity index is 2.04. The maximum atomic E-state index is 12.2. The third-order valence-corrected chi connectivity index (χ3v) is 3.30. The van der Waals surface area contributed by atoms with Crippen molar-refractivity contribution in [2.24, 2.45) is 0 Å². The van der Waals surface area contributed by atoms with E-state index in [-0.39, 0.29) is 5.91 Å². The van der Waals surface area contributed by atoms with Crippen LogP contribution in [0, 0.1) is 0 Å². The molecule has 0 saturated heterocycles. The zero-order valence-corrected chi connectivity index (χ0v) is 11.4. The number of rotatable bonds is 4. The van der Waals surface area contributed by atoms with Crippen LogP contribution in [0.4, 0.5) is 5.69 Å². The molecule has 1 aromatic rings. The maximum absolute atomic E-state index is 12.2. The van der Waals surface area contributed by atoms with Gasteiger partial charge in [-0.15, -0.1) is 0 Å². The highest BCUT2D eigenvalue weighted by Gasteiger charge is 2.16. The van der Waals surface area contributed by atoms with Gasteiger partial charge in [-0.3, -0.25) is 4.79 Å². The van der Waals surface area contributed by atoms with Crippen LogP contribution in [0.2, 0.25) is 0 Å². The molecule has 0 spiro atoms. The molecule has 0 fully saturated rings. The van der Waals surface area contributed by atoms with E-state index in [9.17, 15) is 4.79 Å². The minimum Gasteiger partial charge on any atom is -0.384 e. The molecule has 0 saturated carbocycles. The van der Waals surface area contributed by atoms with E-state index >= 15 is 0 Å². The van der Waals surface area contributed by atoms with E-state index in [1.54, 1.807) is 4.90 Å². The number of anilines is 1. The van der Waals surface area contributed by atoms with Crippen LogP contribution in [0.1, 0.15) is 15.9 Å². The van der Waals surface area contributed by atoms with Gasteiger partial charge in [0.15, 0.2) is 0 Å². The number of carbonyl (C=O) groups is 1. The number of carbonyl (C=O) groups excluding carboxylic acids is 1. The van der Waals surface area contributed by atoms with Crippen LogP contribution in [-0.4, -0.2) is 56.5 Å². The van der Waals surface area contributed by atoms with Gasteiger partial charge in [0.05, 0.1) is 0 Å². The molecule has 4 heteroatoms. The van der Waals surface area contributed by atoms with Crippen molar-refractivity contribution >= 4 is 11.6 Å². The average molecular weight is 247 g/mol. The fraction of sp³-hybridized carbons (Fsp3) is 0.500. The molecule has 0 radical (unpaired) electrons. The van der Waals surface area contributed by atoms with Crippen molar-refractivity contribution < 1.29 is 4.79 Å². The zero-order valence-electron chi connectivity index (χ0n) is 11.4. The summed E-state index contributed by atoms with van der Waals surface area (Å²) in [6.45, 7) is 2.60. The SMILES string of the molecule is CN(C)CCN(C)C(=O)c1ccc2c(c1)NCC2. The molecule has 1 aromatic carbocycles. The van der Waals surface area contributed by atoms with Crippen molar-refractivity contribution in [3.63, 3.8) is 0 Å². The Bertz CT molecular complexity index is 443. The van der Waals surface area contributed by atoms with E-state index in [2.05, 4.69) is 16.3 Å². The molecule has 0 bridgehead atoms. The summed E-state index contributed by atoms with van der Waals surface area (Å²) in [7, 11) is 5.88. The monoisotopic (exact) mass is 247 g/mol. The van der Waals surface area contributed by atoms with Gasteiger partial charge in [0.1, 0.15) is 0 Å². The van der Waals surface area contributed by atoms with Crippen molar-refractivity contribution in [2.75, 3.05) is 46.1 Å². The van der Waals surface area contributed by atoms with Crippen LogP contribution >= 0.6 is 0 Å². The molecule has 0 unspecified atom stereocenters. The smallest absolute Gasteiger partial charge is 0.253 e. The highest BCUT2D eigenvalue weighted by atomic mass is 16.2. The number of fused-ring (bicyclic) bond motifs is 1. The molecule has 2 rings (SSSR count). The molecule has 0 atom stereocenters. The number of hydrogen-bond donors (Lipinski definition) is 1. The lowest BCUT2D eigenvalue weighted by Gasteiger charge is -2.20. The molecule has 1 amide bonds. The first-order valence-electron chi connectivity index (χ1n) is 6.35. The Labute approximate surface area is 109 Å². The van der Waals surface area contributed by atoms with Gasteiger partial charge in [0.25, 0.3) is 5.91 Å². The number of amides is 1. The standard InChI is InChI=1S/C14H21N3O/c1-16(2)8-9-17(3)14(18)12-5-4-11-6-7-15-13(11)10-12/h4-5,10,15H,6-9H2,1-3H3. The van der Waals surface area contributed by atoms with Gasteiger partial charge < -0.3 is 15.1 Å². The second-order valence-electron chi connectivity index (χ2n) is 5.08. The van der Waals surface area contributed by atoms with Gasteiger partial charge >= 0.3 is 0 Å². The van der Waals surface area contributed by atoms with Gasteiger partial charge in [-0.05, 0) is 38.2 Å². The van der Waals surface area contributed by atoms with Gasteiger partial charge in [-0.2, -0.15) is 0 Å². The van der Waals surface area contributed by atoms with Crippen LogP contribution in [0.25, 0.3) is 0 Å². The Morgan fingerprint density at radius 1 is 1.28 bits per heavy atom. The second kappa shape index (κ2) is 5.40.